The number of rotatable bonds is 4. The topological polar surface area (TPSA) is 87.4 Å². The molecule has 0 fully saturated rings. The lowest BCUT2D eigenvalue weighted by Gasteiger charge is -2.07. The molecule has 1 aliphatic rings. The molecule has 5 N–H and O–H groups in total. The van der Waals surface area contributed by atoms with E-state index in [2.05, 4.69) is 10.6 Å². The van der Waals surface area contributed by atoms with Gasteiger partial charge in [0.1, 0.15) is 5.75 Å². The van der Waals surface area contributed by atoms with Gasteiger partial charge in [0, 0.05) is 34.9 Å². The van der Waals surface area contributed by atoms with E-state index < -0.39 is 0 Å². The van der Waals surface area contributed by atoms with E-state index in [0.29, 0.717) is 11.3 Å². The molecule has 0 radical (unpaired) electrons. The Morgan fingerprint density at radius 3 is 2.63 bits per heavy atom. The Morgan fingerprint density at radius 2 is 1.81 bits per heavy atom. The standard InChI is InChI=1S/C22H19N3O2/c23-16-4-1-3-14(10-16)9-15-7-8-21-19(11-15)20(22(27)25-21)13-24-17-5-2-6-18(26)12-17/h1-8,10-13,24,26H,9,23H2,(H,25,27). The van der Waals surface area contributed by atoms with E-state index in [1.165, 1.54) is 0 Å². The van der Waals surface area contributed by atoms with Crippen molar-refractivity contribution in [2.75, 3.05) is 16.4 Å². The molecule has 1 aliphatic heterocycles. The summed E-state index contributed by atoms with van der Waals surface area (Å²) in [6, 6.07) is 20.5. The molecule has 1 amide bonds. The van der Waals surface area contributed by atoms with Gasteiger partial charge in [0.15, 0.2) is 0 Å². The van der Waals surface area contributed by atoms with Gasteiger partial charge in [-0.15, -0.1) is 0 Å². The minimum absolute atomic E-state index is 0.154. The van der Waals surface area contributed by atoms with Gasteiger partial charge in [0.2, 0.25) is 0 Å². The molecule has 5 heteroatoms. The summed E-state index contributed by atoms with van der Waals surface area (Å²) < 4.78 is 0. The Hall–Kier alpha value is -3.73. The third kappa shape index (κ3) is 3.62. The maximum absolute atomic E-state index is 12.3. The van der Waals surface area contributed by atoms with Crippen molar-refractivity contribution in [1.82, 2.24) is 0 Å². The van der Waals surface area contributed by atoms with E-state index in [9.17, 15) is 9.90 Å². The van der Waals surface area contributed by atoms with E-state index >= 15 is 0 Å². The third-order valence-corrected chi connectivity index (χ3v) is 4.46. The first kappa shape index (κ1) is 16.7. The minimum Gasteiger partial charge on any atom is -0.508 e. The Morgan fingerprint density at radius 1 is 1.00 bits per heavy atom. The Bertz CT molecular complexity index is 1060. The number of amides is 1. The number of aromatic hydroxyl groups is 1. The summed E-state index contributed by atoms with van der Waals surface area (Å²) in [5.74, 6) is 0.0119. The third-order valence-electron chi connectivity index (χ3n) is 4.46. The lowest BCUT2D eigenvalue weighted by atomic mass is 9.99. The number of phenols is 1. The summed E-state index contributed by atoms with van der Waals surface area (Å²) >= 11 is 0. The van der Waals surface area contributed by atoms with Gasteiger partial charge in [0.05, 0.1) is 5.57 Å². The van der Waals surface area contributed by atoms with Crippen LogP contribution in [-0.2, 0) is 11.2 Å². The largest absolute Gasteiger partial charge is 0.508 e. The van der Waals surface area contributed by atoms with Crippen LogP contribution in [0.25, 0.3) is 5.57 Å². The molecule has 3 aromatic carbocycles. The minimum atomic E-state index is -0.154. The van der Waals surface area contributed by atoms with Crippen LogP contribution in [0.1, 0.15) is 16.7 Å². The number of nitrogens with one attached hydrogen (secondary N) is 2. The molecular weight excluding hydrogens is 338 g/mol. The van der Waals surface area contributed by atoms with Crippen LogP contribution in [0.5, 0.6) is 5.75 Å². The van der Waals surface area contributed by atoms with Gasteiger partial charge in [-0.1, -0.05) is 24.3 Å². The molecular formula is C22H19N3O2. The number of anilines is 3. The van der Waals surface area contributed by atoms with E-state index in [-0.39, 0.29) is 11.7 Å². The number of nitrogen functional groups attached to an aromatic ring is 1. The van der Waals surface area contributed by atoms with Crippen molar-refractivity contribution in [3.63, 3.8) is 0 Å². The van der Waals surface area contributed by atoms with Crippen molar-refractivity contribution >= 4 is 28.5 Å². The molecule has 0 saturated heterocycles. The fourth-order valence-corrected chi connectivity index (χ4v) is 3.18. The van der Waals surface area contributed by atoms with Crippen LogP contribution < -0.4 is 16.4 Å². The molecule has 5 nitrogen and oxygen atoms in total. The second-order valence-corrected chi connectivity index (χ2v) is 6.51. The molecule has 0 spiro atoms. The molecule has 3 aromatic rings. The second kappa shape index (κ2) is 6.88. The second-order valence-electron chi connectivity index (χ2n) is 6.51. The van der Waals surface area contributed by atoms with Gasteiger partial charge in [-0.3, -0.25) is 4.79 Å². The number of hydrogen-bond acceptors (Lipinski definition) is 4. The number of fused-ring (bicyclic) bond motifs is 1. The average molecular weight is 357 g/mol. The Labute approximate surface area is 157 Å². The van der Waals surface area contributed by atoms with Gasteiger partial charge >= 0.3 is 0 Å². The summed E-state index contributed by atoms with van der Waals surface area (Å²) in [5, 5.41) is 15.5. The number of hydrogen-bond donors (Lipinski definition) is 4. The van der Waals surface area contributed by atoms with Crippen molar-refractivity contribution in [2.45, 2.75) is 6.42 Å². The first-order chi connectivity index (χ1) is 13.1. The monoisotopic (exact) mass is 357 g/mol. The molecule has 27 heavy (non-hydrogen) atoms. The van der Waals surface area contributed by atoms with Crippen LogP contribution >= 0.6 is 0 Å². The van der Waals surface area contributed by atoms with Crippen LogP contribution in [0.3, 0.4) is 0 Å². The normalized spacial score (nSPS) is 14.1. The van der Waals surface area contributed by atoms with Crippen molar-refractivity contribution in [3.8, 4) is 5.75 Å². The predicted molar refractivity (Wildman–Crippen MR) is 108 cm³/mol. The van der Waals surface area contributed by atoms with E-state index in [1.807, 2.05) is 48.5 Å². The van der Waals surface area contributed by atoms with E-state index in [0.717, 1.165) is 34.5 Å². The average Bonchev–Trinajstić information content (AvgIpc) is 2.95. The SMILES string of the molecule is Nc1cccc(Cc2ccc3c(c2)C(=CNc2cccc(O)c2)C(=O)N3)c1. The lowest BCUT2D eigenvalue weighted by molar-refractivity contribution is -0.110. The van der Waals surface area contributed by atoms with Gasteiger partial charge in [-0.05, 0) is 53.9 Å². The zero-order valence-corrected chi connectivity index (χ0v) is 14.6. The fraction of sp³-hybridized carbons (Fsp3) is 0.0455. The van der Waals surface area contributed by atoms with Crippen LogP contribution in [0, 0.1) is 0 Å². The van der Waals surface area contributed by atoms with Crippen molar-refractivity contribution in [1.29, 1.82) is 0 Å². The van der Waals surface area contributed by atoms with Gasteiger partial charge in [0.25, 0.3) is 5.91 Å². The van der Waals surface area contributed by atoms with Crippen LogP contribution in [0.2, 0.25) is 0 Å². The van der Waals surface area contributed by atoms with E-state index in [4.69, 9.17) is 5.73 Å². The number of carbonyl (C=O) groups excluding carboxylic acids is 1. The van der Waals surface area contributed by atoms with Gasteiger partial charge in [-0.25, -0.2) is 0 Å². The Balaban J connectivity index is 1.61. The quantitative estimate of drug-likeness (QED) is 0.420. The summed E-state index contributed by atoms with van der Waals surface area (Å²) in [5.41, 5.74) is 11.7. The highest BCUT2D eigenvalue weighted by molar-refractivity contribution is 6.31. The van der Waals surface area contributed by atoms with Gasteiger partial charge < -0.3 is 21.5 Å². The molecule has 0 unspecified atom stereocenters. The summed E-state index contributed by atoms with van der Waals surface area (Å²) in [6.07, 6.45) is 2.40. The van der Waals surface area contributed by atoms with Crippen molar-refractivity contribution in [2.24, 2.45) is 0 Å². The molecule has 0 atom stereocenters. The maximum Gasteiger partial charge on any atom is 0.257 e. The molecule has 0 bridgehead atoms. The van der Waals surface area contributed by atoms with Crippen molar-refractivity contribution < 1.29 is 9.90 Å². The number of carbonyl (C=O) groups is 1. The maximum atomic E-state index is 12.3. The summed E-state index contributed by atoms with van der Waals surface area (Å²) in [6.45, 7) is 0. The summed E-state index contributed by atoms with van der Waals surface area (Å²) in [4.78, 5) is 12.3. The van der Waals surface area contributed by atoms with E-state index in [1.54, 1.807) is 24.4 Å². The molecule has 4 rings (SSSR count). The van der Waals surface area contributed by atoms with Crippen LogP contribution in [0.15, 0.2) is 72.9 Å². The van der Waals surface area contributed by atoms with Gasteiger partial charge in [-0.2, -0.15) is 0 Å². The van der Waals surface area contributed by atoms with Crippen LogP contribution in [0.4, 0.5) is 17.1 Å². The first-order valence-electron chi connectivity index (χ1n) is 8.63. The van der Waals surface area contributed by atoms with Crippen LogP contribution in [-0.4, -0.2) is 11.0 Å². The highest BCUT2D eigenvalue weighted by Crippen LogP contribution is 2.33. The highest BCUT2D eigenvalue weighted by Gasteiger charge is 2.24. The first-order valence-corrected chi connectivity index (χ1v) is 8.63. The zero-order valence-electron chi connectivity index (χ0n) is 14.6. The summed E-state index contributed by atoms with van der Waals surface area (Å²) in [7, 11) is 0. The van der Waals surface area contributed by atoms with Crippen molar-refractivity contribution in [3.05, 3.63) is 89.6 Å². The smallest absolute Gasteiger partial charge is 0.257 e. The number of nitrogens with two attached hydrogens (primary N) is 1. The number of benzene rings is 3. The lowest BCUT2D eigenvalue weighted by Crippen LogP contribution is -2.05. The fourth-order valence-electron chi connectivity index (χ4n) is 3.18. The molecule has 0 aliphatic carbocycles. The number of phenolic OH excluding ortho intramolecular Hbond substituents is 1. The predicted octanol–water partition coefficient (Wildman–Crippen LogP) is 3.97. The molecule has 0 saturated carbocycles. The molecule has 1 heterocycles. The highest BCUT2D eigenvalue weighted by atomic mass is 16.3. The molecule has 0 aromatic heterocycles. The zero-order chi connectivity index (χ0) is 18.8. The molecule has 134 valence electrons. The Kier molecular flexibility index (Phi) is 4.26.